The molecule has 19 heteroatoms. The van der Waals surface area contributed by atoms with Gasteiger partial charge < -0.3 is 10.4 Å². The molecule has 2 atom stereocenters. The van der Waals surface area contributed by atoms with Crippen LogP contribution in [0.1, 0.15) is 67.1 Å². The number of carbonyl (C=O) groups excluding carboxylic acids is 1. The van der Waals surface area contributed by atoms with Gasteiger partial charge in [0.15, 0.2) is 5.82 Å². The Balaban J connectivity index is 1.54. The number of carbonyl (C=O) groups is 1. The molecule has 3 aromatic heterocycles. The lowest BCUT2D eigenvalue weighted by molar-refractivity contribution is -0.123. The van der Waals surface area contributed by atoms with Crippen molar-refractivity contribution < 1.29 is 44.7 Å². The van der Waals surface area contributed by atoms with E-state index >= 15 is 8.78 Å². The van der Waals surface area contributed by atoms with Crippen molar-refractivity contribution in [2.24, 2.45) is 13.0 Å². The van der Waals surface area contributed by atoms with Crippen LogP contribution in [0.5, 0.6) is 0 Å². The van der Waals surface area contributed by atoms with Gasteiger partial charge in [-0.1, -0.05) is 30.5 Å². The summed E-state index contributed by atoms with van der Waals surface area (Å²) < 4.78 is 116. The quantitative estimate of drug-likeness (QED) is 0.107. The van der Waals surface area contributed by atoms with Crippen LogP contribution in [0, 0.1) is 29.4 Å². The van der Waals surface area contributed by atoms with Crippen molar-refractivity contribution in [3.05, 3.63) is 93.0 Å². The van der Waals surface area contributed by atoms with Crippen LogP contribution in [0.3, 0.4) is 0 Å². The lowest BCUT2D eigenvalue weighted by Gasteiger charge is -2.23. The Morgan fingerprint density at radius 1 is 1.09 bits per heavy atom. The minimum Gasteiger partial charge on any atom is -0.378 e. The summed E-state index contributed by atoms with van der Waals surface area (Å²) in [4.78, 5) is 18.6. The number of alkyl halides is 4. The summed E-state index contributed by atoms with van der Waals surface area (Å²) in [5, 5.41) is 21.3. The zero-order chi connectivity index (χ0) is 41.1. The third-order valence-corrected chi connectivity index (χ3v) is 9.86. The molecule has 0 saturated heterocycles. The van der Waals surface area contributed by atoms with E-state index in [1.807, 2.05) is 0 Å². The molecular weight excluding hydrogens is 788 g/mol. The number of pyridine rings is 1. The van der Waals surface area contributed by atoms with Gasteiger partial charge in [-0.05, 0) is 68.5 Å². The number of hydrogen-bond acceptors (Lipinski definition) is 7. The second-order valence-electron chi connectivity index (χ2n) is 14.1. The van der Waals surface area contributed by atoms with Crippen molar-refractivity contribution in [2.75, 3.05) is 11.0 Å². The molecule has 2 aromatic carbocycles. The number of nitrogens with one attached hydrogen (secondary N) is 2. The highest BCUT2D eigenvalue weighted by Gasteiger charge is 2.51. The van der Waals surface area contributed by atoms with E-state index in [-0.39, 0.29) is 57.1 Å². The predicted molar refractivity (Wildman–Crippen MR) is 195 cm³/mol. The van der Waals surface area contributed by atoms with E-state index in [2.05, 4.69) is 32.1 Å². The highest BCUT2D eigenvalue weighted by Crippen LogP contribution is 2.48. The monoisotopic (exact) mass is 821 g/mol. The molecule has 0 bridgehead atoms. The van der Waals surface area contributed by atoms with Gasteiger partial charge in [0.2, 0.25) is 15.9 Å². The number of aromatic nitrogens is 5. The van der Waals surface area contributed by atoms with Crippen LogP contribution in [-0.2, 0) is 47.2 Å². The fourth-order valence-electron chi connectivity index (χ4n) is 6.70. The van der Waals surface area contributed by atoms with Crippen molar-refractivity contribution in [1.82, 2.24) is 29.9 Å². The number of anilines is 1. The van der Waals surface area contributed by atoms with Gasteiger partial charge >= 0.3 is 0 Å². The van der Waals surface area contributed by atoms with Crippen LogP contribution >= 0.6 is 11.6 Å². The van der Waals surface area contributed by atoms with Crippen molar-refractivity contribution >= 4 is 44.3 Å². The minimum atomic E-state index is -3.83. The number of aliphatic hydroxyl groups is 1. The third-order valence-electron chi connectivity index (χ3n) is 8.99. The molecule has 6 rings (SSSR count). The Kier molecular flexibility index (Phi) is 10.7. The molecule has 0 fully saturated rings. The smallest absolute Gasteiger partial charge is 0.292 e. The topological polar surface area (TPSA) is 144 Å². The van der Waals surface area contributed by atoms with E-state index < -0.39 is 75.4 Å². The first kappa shape index (κ1) is 40.5. The summed E-state index contributed by atoms with van der Waals surface area (Å²) in [5.74, 6) is -2.50. The van der Waals surface area contributed by atoms with E-state index in [0.717, 1.165) is 18.4 Å². The molecule has 5 aromatic rings. The van der Waals surface area contributed by atoms with Gasteiger partial charge in [0.05, 0.1) is 33.9 Å². The normalized spacial score (nSPS) is 15.8. The van der Waals surface area contributed by atoms with Crippen LogP contribution in [0.15, 0.2) is 42.5 Å². The highest BCUT2D eigenvalue weighted by atomic mass is 35.5. The zero-order valence-electron chi connectivity index (χ0n) is 30.4. The molecule has 3 N–H and O–H groups in total. The van der Waals surface area contributed by atoms with Crippen molar-refractivity contribution in [2.45, 2.75) is 64.1 Å². The first-order valence-corrected chi connectivity index (χ1v) is 19.2. The lowest BCUT2D eigenvalue weighted by Crippen LogP contribution is -2.35. The minimum absolute atomic E-state index is 0.0194. The number of hydrogen-bond donors (Lipinski definition) is 3. The maximum Gasteiger partial charge on any atom is 0.292 e. The molecule has 3 heterocycles. The average Bonchev–Trinajstić information content (AvgIpc) is 3.67. The number of halogens is 7. The number of amides is 1. The van der Waals surface area contributed by atoms with Gasteiger partial charge in [0, 0.05) is 35.7 Å². The van der Waals surface area contributed by atoms with Crippen LogP contribution in [0.25, 0.3) is 22.0 Å². The van der Waals surface area contributed by atoms with Crippen LogP contribution in [0.4, 0.5) is 32.2 Å². The molecular formula is C37H34ClF6N7O4S. The van der Waals surface area contributed by atoms with Gasteiger partial charge in [-0.15, -0.1) is 0 Å². The number of aryl methyl sites for hydroxylation is 1. The Bertz CT molecular complexity index is 2540. The van der Waals surface area contributed by atoms with E-state index in [1.165, 1.54) is 44.6 Å². The van der Waals surface area contributed by atoms with Crippen LogP contribution in [0.2, 0.25) is 5.02 Å². The Labute approximate surface area is 322 Å². The van der Waals surface area contributed by atoms with E-state index in [0.29, 0.717) is 21.8 Å². The molecule has 56 heavy (non-hydrogen) atoms. The Morgan fingerprint density at radius 2 is 1.75 bits per heavy atom. The number of rotatable bonds is 10. The largest absolute Gasteiger partial charge is 0.378 e. The summed E-state index contributed by atoms with van der Waals surface area (Å²) in [7, 11) is -2.31. The summed E-state index contributed by atoms with van der Waals surface area (Å²) in [6.45, 7) is 3.13. The summed E-state index contributed by atoms with van der Waals surface area (Å²) in [6.07, 6.45) is -3.00. The van der Waals surface area contributed by atoms with Gasteiger partial charge in [-0.25, -0.2) is 31.0 Å². The maximum absolute atomic E-state index is 15.3. The summed E-state index contributed by atoms with van der Waals surface area (Å²) in [5.41, 5.74) is -2.44. The molecule has 1 aliphatic rings. The summed E-state index contributed by atoms with van der Waals surface area (Å²) >= 11 is 6.57. The fourth-order valence-corrected chi connectivity index (χ4v) is 7.44. The first-order valence-electron chi connectivity index (χ1n) is 16.9. The lowest BCUT2D eigenvalue weighted by atomic mass is 9.93. The standard InChI is InChI=1S/C37H34ClF6N7O4S/c1-18-12-25-31(34(41)42)47-51(33(25)37(18,43)44)17-28(52)46-27(15-19-13-20(39)16-21(40)14-19)30-23(7-6-22(45-30)10-11-36(2,3)53)24-8-9-26(38)29-32(24)50(4)48-35(29)49-56(5,54)55/h6-9,13-14,16,18,27,34,53H,12,15,17H2,1-5H3,(H,46,52)(H,48,49). The number of sulfonamides is 1. The third kappa shape index (κ3) is 8.34. The van der Waals surface area contributed by atoms with E-state index in [1.54, 1.807) is 12.1 Å². The first-order chi connectivity index (χ1) is 26.0. The Hall–Kier alpha value is -5.12. The molecule has 1 aliphatic carbocycles. The van der Waals surface area contributed by atoms with Crippen molar-refractivity contribution in [3.63, 3.8) is 0 Å². The van der Waals surface area contributed by atoms with Crippen molar-refractivity contribution in [1.29, 1.82) is 0 Å². The predicted octanol–water partition coefficient (Wildman–Crippen LogP) is 6.58. The summed E-state index contributed by atoms with van der Waals surface area (Å²) in [6, 6.07) is 7.43. The molecule has 296 valence electrons. The molecule has 0 spiro atoms. The van der Waals surface area contributed by atoms with E-state index in [9.17, 15) is 35.9 Å². The van der Waals surface area contributed by atoms with Crippen molar-refractivity contribution in [3.8, 4) is 23.0 Å². The number of fused-ring (bicyclic) bond motifs is 2. The molecule has 1 amide bonds. The molecule has 0 aliphatic heterocycles. The molecule has 0 saturated carbocycles. The SMILES string of the molecule is CC1Cc2c(C(F)F)nn(CC(=O)NC(Cc3cc(F)cc(F)c3)c3nc(C#CC(C)(C)O)ccc3-c3ccc(Cl)c4c(NS(C)(=O)=O)nn(C)c34)c2C1(F)F. The maximum atomic E-state index is 15.3. The van der Waals surface area contributed by atoms with Gasteiger partial charge in [-0.2, -0.15) is 19.0 Å². The highest BCUT2D eigenvalue weighted by molar-refractivity contribution is 7.92. The Morgan fingerprint density at radius 3 is 2.38 bits per heavy atom. The second kappa shape index (κ2) is 14.8. The van der Waals surface area contributed by atoms with Gasteiger partial charge in [0.25, 0.3) is 12.3 Å². The molecule has 2 unspecified atom stereocenters. The molecule has 11 nitrogen and oxygen atoms in total. The average molecular weight is 822 g/mol. The van der Waals surface area contributed by atoms with Gasteiger partial charge in [-0.3, -0.25) is 18.9 Å². The number of benzene rings is 2. The van der Waals surface area contributed by atoms with E-state index in [4.69, 9.17) is 16.6 Å². The number of nitrogens with zero attached hydrogens (tertiary/aromatic N) is 5. The fraction of sp³-hybridized carbons (Fsp3) is 0.351. The molecule has 0 radical (unpaired) electrons. The second-order valence-corrected chi connectivity index (χ2v) is 16.3. The van der Waals surface area contributed by atoms with Crippen LogP contribution < -0.4 is 10.0 Å². The van der Waals surface area contributed by atoms with Gasteiger partial charge in [0.1, 0.15) is 40.9 Å². The van der Waals surface area contributed by atoms with Crippen LogP contribution in [-0.4, -0.2) is 55.8 Å². The zero-order valence-corrected chi connectivity index (χ0v) is 31.9.